The van der Waals surface area contributed by atoms with Crippen LogP contribution in [0.4, 0.5) is 0 Å². The molecule has 0 amide bonds. The minimum Gasteiger partial charge on any atom is -0.309 e. The molecule has 0 radical (unpaired) electrons. The molecule has 0 atom stereocenters. The van der Waals surface area contributed by atoms with Gasteiger partial charge in [-0.25, -0.2) is 4.98 Å². The third kappa shape index (κ3) is 4.46. The molecule has 0 spiro atoms. The van der Waals surface area contributed by atoms with Crippen LogP contribution >= 0.6 is 0 Å². The Balaban J connectivity index is 1.18. The number of hydrogen-bond donors (Lipinski definition) is 0. The Labute approximate surface area is 339 Å². The standard InChI is InChI=1S/C55H34N4/c1-3-17-36(18-4-1)57-46-28-14-11-25-43(46)50-52-49(39-21-7-9-23-41(39)53(50)57)40-22-8-10-24-42(40)54-51(52)44-26-12-15-29-47(44)58(54)38-33-31-35(32-34-38)55-56-45-27-13-16-30-48(45)59(55)37-19-5-2-6-20-37/h1-34H. The molecule has 3 aromatic heterocycles. The minimum atomic E-state index is 0.923. The molecule has 0 aliphatic rings. The van der Waals surface area contributed by atoms with Crippen LogP contribution in [0.5, 0.6) is 0 Å². The summed E-state index contributed by atoms with van der Waals surface area (Å²) in [6.07, 6.45) is 0. The first-order valence-corrected chi connectivity index (χ1v) is 20.2. The molecule has 0 saturated heterocycles. The lowest BCUT2D eigenvalue weighted by atomic mass is 9.89. The van der Waals surface area contributed by atoms with Gasteiger partial charge in [0, 0.05) is 60.3 Å². The van der Waals surface area contributed by atoms with E-state index in [2.05, 4.69) is 220 Å². The van der Waals surface area contributed by atoms with Crippen LogP contribution in [0.1, 0.15) is 0 Å². The first-order chi connectivity index (χ1) is 29.3. The van der Waals surface area contributed by atoms with E-state index >= 15 is 0 Å². The molecule has 274 valence electrons. The maximum atomic E-state index is 5.18. The fraction of sp³-hybridized carbons (Fsp3) is 0. The van der Waals surface area contributed by atoms with Gasteiger partial charge in [0.15, 0.2) is 0 Å². The van der Waals surface area contributed by atoms with Crippen molar-refractivity contribution in [3.63, 3.8) is 0 Å². The van der Waals surface area contributed by atoms with Gasteiger partial charge in [0.2, 0.25) is 0 Å². The fourth-order valence-electron chi connectivity index (χ4n) is 10.0. The van der Waals surface area contributed by atoms with E-state index in [1.807, 2.05) is 0 Å². The monoisotopic (exact) mass is 750 g/mol. The van der Waals surface area contributed by atoms with E-state index < -0.39 is 0 Å². The molecule has 0 aliphatic carbocycles. The normalized spacial score (nSPS) is 12.1. The van der Waals surface area contributed by atoms with Gasteiger partial charge in [-0.1, -0.05) is 133 Å². The quantitative estimate of drug-likeness (QED) is 0.165. The fourth-order valence-corrected chi connectivity index (χ4v) is 10.0. The van der Waals surface area contributed by atoms with Crippen LogP contribution in [0.25, 0.3) is 115 Å². The van der Waals surface area contributed by atoms with Gasteiger partial charge >= 0.3 is 0 Å². The van der Waals surface area contributed by atoms with Crippen LogP contribution in [0, 0.1) is 0 Å². The third-order valence-electron chi connectivity index (χ3n) is 12.4. The van der Waals surface area contributed by atoms with Gasteiger partial charge < -0.3 is 9.13 Å². The van der Waals surface area contributed by atoms with E-state index in [1.165, 1.54) is 75.9 Å². The summed E-state index contributed by atoms with van der Waals surface area (Å²) in [5, 5.41) is 12.6. The zero-order valence-electron chi connectivity index (χ0n) is 31.9. The molecule has 0 N–H and O–H groups in total. The number of benzene rings is 10. The average Bonchev–Trinajstić information content (AvgIpc) is 3.99. The van der Waals surface area contributed by atoms with Crippen LogP contribution < -0.4 is 0 Å². The first kappa shape index (κ1) is 32.2. The smallest absolute Gasteiger partial charge is 0.145 e. The summed E-state index contributed by atoms with van der Waals surface area (Å²) in [5.41, 5.74) is 11.3. The molecule has 13 aromatic rings. The van der Waals surface area contributed by atoms with Crippen molar-refractivity contribution >= 4 is 87.0 Å². The molecule has 59 heavy (non-hydrogen) atoms. The Morgan fingerprint density at radius 1 is 0.271 bits per heavy atom. The highest BCUT2D eigenvalue weighted by molar-refractivity contribution is 6.45. The van der Waals surface area contributed by atoms with Crippen LogP contribution in [0.15, 0.2) is 206 Å². The highest BCUT2D eigenvalue weighted by atomic mass is 15.1. The van der Waals surface area contributed by atoms with Crippen molar-refractivity contribution in [2.45, 2.75) is 0 Å². The van der Waals surface area contributed by atoms with Crippen molar-refractivity contribution in [1.29, 1.82) is 0 Å². The van der Waals surface area contributed by atoms with Gasteiger partial charge in [0.1, 0.15) is 5.82 Å². The molecule has 4 nitrogen and oxygen atoms in total. The zero-order chi connectivity index (χ0) is 38.6. The largest absolute Gasteiger partial charge is 0.309 e. The van der Waals surface area contributed by atoms with E-state index in [4.69, 9.17) is 4.98 Å². The van der Waals surface area contributed by atoms with Gasteiger partial charge in [-0.15, -0.1) is 0 Å². The second-order valence-corrected chi connectivity index (χ2v) is 15.5. The zero-order valence-corrected chi connectivity index (χ0v) is 31.9. The van der Waals surface area contributed by atoms with E-state index in [0.29, 0.717) is 0 Å². The number of rotatable bonds is 4. The molecule has 10 aromatic carbocycles. The summed E-state index contributed by atoms with van der Waals surface area (Å²) in [7, 11) is 0. The van der Waals surface area contributed by atoms with Crippen molar-refractivity contribution in [2.24, 2.45) is 0 Å². The Morgan fingerprint density at radius 3 is 1.22 bits per heavy atom. The number of imidazole rings is 1. The molecule has 4 heteroatoms. The van der Waals surface area contributed by atoms with E-state index in [9.17, 15) is 0 Å². The van der Waals surface area contributed by atoms with Gasteiger partial charge in [-0.2, -0.15) is 0 Å². The average molecular weight is 751 g/mol. The first-order valence-electron chi connectivity index (χ1n) is 20.2. The Morgan fingerprint density at radius 2 is 0.678 bits per heavy atom. The van der Waals surface area contributed by atoms with Crippen LogP contribution in [-0.4, -0.2) is 18.7 Å². The summed E-state index contributed by atoms with van der Waals surface area (Å²) >= 11 is 0. The van der Waals surface area contributed by atoms with Gasteiger partial charge in [-0.05, 0) is 89.0 Å². The molecule has 0 fully saturated rings. The number of hydrogen-bond acceptors (Lipinski definition) is 1. The summed E-state index contributed by atoms with van der Waals surface area (Å²) in [5.74, 6) is 0.923. The van der Waals surface area contributed by atoms with Gasteiger partial charge in [0.25, 0.3) is 0 Å². The van der Waals surface area contributed by atoms with Crippen molar-refractivity contribution in [1.82, 2.24) is 18.7 Å². The van der Waals surface area contributed by atoms with Crippen LogP contribution in [-0.2, 0) is 0 Å². The predicted octanol–water partition coefficient (Wildman–Crippen LogP) is 14.3. The highest BCUT2D eigenvalue weighted by Crippen LogP contribution is 2.50. The minimum absolute atomic E-state index is 0.923. The van der Waals surface area contributed by atoms with Crippen molar-refractivity contribution in [2.75, 3.05) is 0 Å². The molecule has 3 heterocycles. The lowest BCUT2D eigenvalue weighted by Crippen LogP contribution is -1.98. The lowest BCUT2D eigenvalue weighted by Gasteiger charge is -2.16. The Bertz CT molecular complexity index is 3810. The molecule has 0 aliphatic heterocycles. The molecular weight excluding hydrogens is 717 g/mol. The highest BCUT2D eigenvalue weighted by Gasteiger charge is 2.26. The molecular formula is C55H34N4. The van der Waals surface area contributed by atoms with E-state index in [0.717, 1.165) is 39.5 Å². The molecule has 13 rings (SSSR count). The summed E-state index contributed by atoms with van der Waals surface area (Å²) in [6, 6.07) is 74.7. The Hall–Kier alpha value is -7.95. The van der Waals surface area contributed by atoms with Crippen molar-refractivity contribution in [3.05, 3.63) is 206 Å². The maximum Gasteiger partial charge on any atom is 0.145 e. The third-order valence-corrected chi connectivity index (χ3v) is 12.4. The number of aromatic nitrogens is 4. The summed E-state index contributed by atoms with van der Waals surface area (Å²) in [6.45, 7) is 0. The molecule has 0 unspecified atom stereocenters. The SMILES string of the molecule is c1ccc(-n2c(-c3ccc(-n4c5ccccc5c5c6c(c7ccccc7c7c6c6ccccc6n7-c6ccccc6)c6ccccc6c54)cc3)nc3ccccc32)cc1. The number of nitrogens with zero attached hydrogens (tertiary/aromatic N) is 4. The summed E-state index contributed by atoms with van der Waals surface area (Å²) < 4.78 is 7.24. The second-order valence-electron chi connectivity index (χ2n) is 15.5. The summed E-state index contributed by atoms with van der Waals surface area (Å²) in [4.78, 5) is 5.18. The van der Waals surface area contributed by atoms with E-state index in [1.54, 1.807) is 0 Å². The lowest BCUT2D eigenvalue weighted by molar-refractivity contribution is 1.10. The van der Waals surface area contributed by atoms with E-state index in [-0.39, 0.29) is 0 Å². The van der Waals surface area contributed by atoms with Gasteiger partial charge in [0.05, 0.1) is 33.1 Å². The topological polar surface area (TPSA) is 27.7 Å². The molecule has 0 saturated carbocycles. The molecule has 0 bridgehead atoms. The number of fused-ring (bicyclic) bond motifs is 16. The van der Waals surface area contributed by atoms with Crippen LogP contribution in [0.3, 0.4) is 0 Å². The van der Waals surface area contributed by atoms with Crippen molar-refractivity contribution in [3.8, 4) is 28.5 Å². The van der Waals surface area contributed by atoms with Gasteiger partial charge in [-0.3, -0.25) is 4.57 Å². The maximum absolute atomic E-state index is 5.18. The predicted molar refractivity (Wildman–Crippen MR) is 248 cm³/mol. The van der Waals surface area contributed by atoms with Crippen LogP contribution in [0.2, 0.25) is 0 Å². The van der Waals surface area contributed by atoms with Crippen molar-refractivity contribution < 1.29 is 0 Å². The number of para-hydroxylation sites is 6. The Kier molecular flexibility index (Phi) is 6.69. The second kappa shape index (κ2) is 12.3.